The van der Waals surface area contributed by atoms with E-state index in [0.717, 1.165) is 0 Å². The largest absolute Gasteiger partial charge is 0.412 e. The molecule has 0 aromatic heterocycles. The van der Waals surface area contributed by atoms with E-state index in [1.165, 1.54) is 0 Å². The van der Waals surface area contributed by atoms with Crippen LogP contribution in [0.3, 0.4) is 0 Å². The van der Waals surface area contributed by atoms with Crippen LogP contribution < -0.4 is 0 Å². The van der Waals surface area contributed by atoms with Gasteiger partial charge in [-0.05, 0) is 0 Å². The predicted molar refractivity (Wildman–Crippen MR) is 10.3 cm³/mol. The summed E-state index contributed by atoms with van der Waals surface area (Å²) in [7, 11) is 0. The average molecular weight is 151 g/mol. The number of hydrogen-bond acceptors (Lipinski definition) is 1. The third-order valence-corrected chi connectivity index (χ3v) is 0. The van der Waals surface area contributed by atoms with Crippen LogP contribution in [0.15, 0.2) is 0 Å². The number of nitrogens with zero attached hydrogens (tertiary/aromatic N) is 1. The van der Waals surface area contributed by atoms with Crippen molar-refractivity contribution in [2.75, 3.05) is 0 Å². The molecule has 4 heavy (non-hydrogen) atoms. The van der Waals surface area contributed by atoms with Gasteiger partial charge in [-0.25, -0.2) is 5.26 Å². The Morgan fingerprint density at radius 3 is 1.25 bits per heavy atom. The van der Waals surface area contributed by atoms with Gasteiger partial charge in [0.2, 0.25) is 0 Å². The van der Waals surface area contributed by atoms with E-state index in [2.05, 4.69) is 6.57 Å². The second kappa shape index (κ2) is 1100. The Labute approximate surface area is 38.4 Å². The Balaban J connectivity index is -0.00000000500. The molecule has 0 atom stereocenters. The van der Waals surface area contributed by atoms with E-state index >= 15 is 0 Å². The Kier molecular flexibility index (Phi) is 8860. The maximum Gasteiger partial charge on any atom is 0.0462 e. The van der Waals surface area contributed by atoms with Gasteiger partial charge in [-0.2, -0.15) is 0 Å². The molecule has 0 radical (unpaired) electrons. The summed E-state index contributed by atoms with van der Waals surface area (Å²) in [4.78, 5) is 0. The molecule has 0 unspecified atom stereocenters. The van der Waals surface area contributed by atoms with Crippen LogP contribution in [-0.2, 0) is 20.4 Å². The number of nitriles is 1. The van der Waals surface area contributed by atoms with Crippen LogP contribution in [0.4, 0.5) is 0 Å². The van der Waals surface area contributed by atoms with E-state index in [9.17, 15) is 0 Å². The van der Waals surface area contributed by atoms with Crippen LogP contribution >= 0.6 is 0 Å². The molecule has 0 fully saturated rings. The first-order chi connectivity index (χ1) is 1.00. The van der Waals surface area contributed by atoms with Crippen LogP contribution in [0.25, 0.3) is 0 Å². The smallest absolute Gasteiger partial charge is 0.0462 e. The van der Waals surface area contributed by atoms with Crippen molar-refractivity contribution in [3.63, 3.8) is 0 Å². The van der Waals surface area contributed by atoms with Crippen molar-refractivity contribution in [2.45, 2.75) is 0 Å². The first kappa shape index (κ1) is 32.2. The summed E-state index contributed by atoms with van der Waals surface area (Å²) < 4.78 is 0. The molecular weight excluding hydrogens is 148 g/mol. The fourth-order valence-electron chi connectivity index (χ4n) is 0. The second-order valence-corrected chi connectivity index (χ2v) is 0. The topological polar surface area (TPSA) is 55.3 Å². The van der Waals surface area contributed by atoms with Gasteiger partial charge in [-0.3, -0.25) is 0 Å². The van der Waals surface area contributed by atoms with E-state index < -0.39 is 0 Å². The van der Waals surface area contributed by atoms with Crippen molar-refractivity contribution >= 4 is 0 Å². The molecule has 0 aliphatic heterocycles. The molecule has 0 aliphatic carbocycles. The summed E-state index contributed by atoms with van der Waals surface area (Å²) >= 11 is 0. The molecule has 0 aromatic rings. The summed E-state index contributed by atoms with van der Waals surface area (Å²) in [6.45, 7) is 3.50. The van der Waals surface area contributed by atoms with Crippen molar-refractivity contribution in [1.29, 1.82) is 5.26 Å². The van der Waals surface area contributed by atoms with Gasteiger partial charge in [-0.15, -0.1) is 0 Å². The van der Waals surface area contributed by atoms with Gasteiger partial charge >= 0.3 is 0 Å². The van der Waals surface area contributed by atoms with Crippen molar-refractivity contribution in [2.24, 2.45) is 0 Å². The molecule has 0 saturated heterocycles. The van der Waals surface area contributed by atoms with Gasteiger partial charge < -0.3 is 5.48 Å². The molecule has 28 valence electrons. The fourth-order valence-corrected chi connectivity index (χ4v) is 0. The fraction of sp³-hybridized carbons (Fsp3) is 0. The number of rotatable bonds is 0. The standard InChI is InChI=1S/CHN.H2O.Pd/c1-2;;/h1H;1H2;. The zero-order chi connectivity index (χ0) is 2.00. The van der Waals surface area contributed by atoms with Crippen molar-refractivity contribution in [3.05, 3.63) is 0 Å². The quantitative estimate of drug-likeness (QED) is 0.423. The van der Waals surface area contributed by atoms with Crippen LogP contribution in [0.2, 0.25) is 0 Å². The zero-order valence-electron chi connectivity index (χ0n) is 1.84. The maximum atomic E-state index is 6.50. The normalized spacial score (nSPS) is 0.500. The van der Waals surface area contributed by atoms with Gasteiger partial charge in [0.25, 0.3) is 0 Å². The van der Waals surface area contributed by atoms with E-state index in [-0.39, 0.29) is 25.9 Å². The summed E-state index contributed by atoms with van der Waals surface area (Å²) in [5.74, 6) is 0. The number of hydrogen-bond donors (Lipinski definition) is 0. The zero-order valence-corrected chi connectivity index (χ0v) is 3.40. The monoisotopic (exact) mass is 151 g/mol. The second-order valence-electron chi connectivity index (χ2n) is 0. The Morgan fingerprint density at radius 1 is 1.25 bits per heavy atom. The van der Waals surface area contributed by atoms with Gasteiger partial charge in [0.05, 0.1) is 0 Å². The molecule has 0 aromatic carbocycles. The Morgan fingerprint density at radius 2 is 1.25 bits per heavy atom. The van der Waals surface area contributed by atoms with Gasteiger partial charge in [-0.1, -0.05) is 0 Å². The van der Waals surface area contributed by atoms with Crippen LogP contribution in [0, 0.1) is 11.8 Å². The molecule has 0 amide bonds. The first-order valence-electron chi connectivity index (χ1n) is 0.258. The Bertz CT molecular complexity index is 12.8. The molecule has 0 heterocycles. The van der Waals surface area contributed by atoms with Crippen molar-refractivity contribution in [3.8, 4) is 6.57 Å². The van der Waals surface area contributed by atoms with E-state index in [4.69, 9.17) is 5.26 Å². The molecule has 3 heteroatoms. The molecule has 0 saturated carbocycles. The summed E-state index contributed by atoms with van der Waals surface area (Å²) in [5.41, 5.74) is 0. The minimum atomic E-state index is 0. The molecule has 0 bridgehead atoms. The van der Waals surface area contributed by atoms with E-state index in [1.807, 2.05) is 0 Å². The third-order valence-electron chi connectivity index (χ3n) is 0. The predicted octanol–water partition coefficient (Wildman–Crippen LogP) is -0.687. The average Bonchev–Trinajstić information content (AvgIpc) is 1.00. The SMILES string of the molecule is C#N.O.[Pd]. The Hall–Kier alpha value is 0.112. The van der Waals surface area contributed by atoms with Crippen LogP contribution in [0.1, 0.15) is 0 Å². The van der Waals surface area contributed by atoms with Gasteiger partial charge in [0.15, 0.2) is 0 Å². The molecule has 2 nitrogen and oxygen atoms in total. The molecule has 0 rings (SSSR count). The minimum Gasteiger partial charge on any atom is -0.412 e. The van der Waals surface area contributed by atoms with E-state index in [1.54, 1.807) is 0 Å². The van der Waals surface area contributed by atoms with Crippen molar-refractivity contribution in [1.82, 2.24) is 0 Å². The van der Waals surface area contributed by atoms with Crippen molar-refractivity contribution < 1.29 is 25.9 Å². The van der Waals surface area contributed by atoms with Gasteiger partial charge in [0.1, 0.15) is 0 Å². The molecule has 0 aliphatic rings. The summed E-state index contributed by atoms with van der Waals surface area (Å²) in [5, 5.41) is 6.50. The first-order valence-corrected chi connectivity index (χ1v) is 0.258. The molecule has 0 spiro atoms. The maximum absolute atomic E-state index is 6.50. The third kappa shape index (κ3) is 207. The van der Waals surface area contributed by atoms with E-state index in [0.29, 0.717) is 0 Å². The molecule has 2 N–H and O–H groups in total. The van der Waals surface area contributed by atoms with Crippen LogP contribution in [0.5, 0.6) is 0 Å². The van der Waals surface area contributed by atoms with Crippen LogP contribution in [-0.4, -0.2) is 5.48 Å². The summed E-state index contributed by atoms with van der Waals surface area (Å²) in [6.07, 6.45) is 0. The van der Waals surface area contributed by atoms with Gasteiger partial charge in [0, 0.05) is 27.0 Å². The minimum absolute atomic E-state index is 0. The molecular formula is CH3NOPd. The summed E-state index contributed by atoms with van der Waals surface area (Å²) in [6, 6.07) is 0.